The van der Waals surface area contributed by atoms with Crippen molar-refractivity contribution in [1.29, 1.82) is 0 Å². The Labute approximate surface area is 118 Å². The third-order valence-electron chi connectivity index (χ3n) is 2.78. The molecule has 0 saturated carbocycles. The van der Waals surface area contributed by atoms with Gasteiger partial charge in [0.25, 0.3) is 0 Å². The molecule has 0 N–H and O–H groups in total. The number of hydrogen-bond acceptors (Lipinski definition) is 2. The van der Waals surface area contributed by atoms with Crippen LogP contribution in [0.2, 0.25) is 0 Å². The van der Waals surface area contributed by atoms with Crippen LogP contribution in [0.5, 0.6) is 5.75 Å². The lowest BCUT2D eigenvalue weighted by Crippen LogP contribution is -2.13. The molecule has 0 radical (unpaired) electrons. The molecule has 0 bridgehead atoms. The zero-order valence-electron chi connectivity index (χ0n) is 11.1. The van der Waals surface area contributed by atoms with Gasteiger partial charge >= 0.3 is 0 Å². The van der Waals surface area contributed by atoms with E-state index in [-0.39, 0.29) is 5.78 Å². The van der Waals surface area contributed by atoms with E-state index in [1.54, 1.807) is 6.92 Å². The molecule has 0 spiro atoms. The highest BCUT2D eigenvalue weighted by atomic mass is 79.9. The Morgan fingerprint density at radius 3 is 2.50 bits per heavy atom. The molecule has 1 aromatic carbocycles. The molecule has 100 valence electrons. The van der Waals surface area contributed by atoms with Gasteiger partial charge in [0, 0.05) is 17.7 Å². The Hall–Kier alpha value is -0.830. The highest BCUT2D eigenvalue weighted by Gasteiger charge is 2.07. The lowest BCUT2D eigenvalue weighted by Gasteiger charge is -2.14. The Kier molecular flexibility index (Phi) is 7.02. The predicted molar refractivity (Wildman–Crippen MR) is 78.5 cm³/mol. The van der Waals surface area contributed by atoms with Crippen LogP contribution in [0.15, 0.2) is 24.3 Å². The van der Waals surface area contributed by atoms with Crippen LogP contribution in [0.3, 0.4) is 0 Å². The van der Waals surface area contributed by atoms with Gasteiger partial charge in [-0.15, -0.1) is 0 Å². The maximum atomic E-state index is 11.0. The number of carbonyl (C=O) groups excluding carboxylic acids is 1. The fourth-order valence-corrected chi connectivity index (χ4v) is 2.33. The summed E-state index contributed by atoms with van der Waals surface area (Å²) in [6, 6.07) is 7.80. The van der Waals surface area contributed by atoms with Gasteiger partial charge in [-0.05, 0) is 31.0 Å². The number of Topliss-reactive ketones (excluding diaryl/α,β-unsaturated/α-hetero) is 1. The Morgan fingerprint density at radius 1 is 1.33 bits per heavy atom. The summed E-state index contributed by atoms with van der Waals surface area (Å²) in [5.41, 5.74) is 1.04. The van der Waals surface area contributed by atoms with Gasteiger partial charge in [-0.25, -0.2) is 0 Å². The quantitative estimate of drug-likeness (QED) is 0.678. The summed E-state index contributed by atoms with van der Waals surface area (Å²) in [5.74, 6) is 1.63. The number of benzene rings is 1. The van der Waals surface area contributed by atoms with Gasteiger partial charge in [-0.2, -0.15) is 0 Å². The lowest BCUT2D eigenvalue weighted by molar-refractivity contribution is -0.116. The lowest BCUT2D eigenvalue weighted by atomic mass is 10.1. The van der Waals surface area contributed by atoms with Crippen LogP contribution < -0.4 is 4.74 Å². The van der Waals surface area contributed by atoms with E-state index in [1.807, 2.05) is 24.3 Å². The summed E-state index contributed by atoms with van der Waals surface area (Å²) in [4.78, 5) is 11.0. The smallest absolute Gasteiger partial charge is 0.134 e. The summed E-state index contributed by atoms with van der Waals surface area (Å²) in [6.07, 6.45) is 2.85. The Balaban J connectivity index is 2.45. The van der Waals surface area contributed by atoms with Crippen LogP contribution in [0.25, 0.3) is 0 Å². The van der Waals surface area contributed by atoms with E-state index < -0.39 is 0 Å². The molecule has 1 rings (SSSR count). The molecule has 0 aliphatic heterocycles. The number of carbonyl (C=O) groups is 1. The molecule has 0 saturated heterocycles. The third-order valence-corrected chi connectivity index (χ3v) is 3.69. The van der Waals surface area contributed by atoms with Crippen molar-refractivity contribution in [2.75, 3.05) is 11.9 Å². The summed E-state index contributed by atoms with van der Waals surface area (Å²) in [5, 5.41) is 0.975. The Morgan fingerprint density at radius 2 is 2.00 bits per heavy atom. The van der Waals surface area contributed by atoms with Crippen LogP contribution in [-0.4, -0.2) is 17.7 Å². The average Bonchev–Trinajstić information content (AvgIpc) is 2.35. The van der Waals surface area contributed by atoms with E-state index in [4.69, 9.17) is 4.74 Å². The summed E-state index contributed by atoms with van der Waals surface area (Å²) in [6.45, 7) is 4.53. The molecular weight excluding hydrogens is 292 g/mol. The fraction of sp³-hybridized carbons (Fsp3) is 0.533. The van der Waals surface area contributed by atoms with Crippen LogP contribution in [0.1, 0.15) is 32.3 Å². The van der Waals surface area contributed by atoms with Crippen molar-refractivity contribution in [3.05, 3.63) is 29.8 Å². The van der Waals surface area contributed by atoms with Gasteiger partial charge in [0.2, 0.25) is 0 Å². The standard InChI is InChI=1S/C15H21BrO2/c1-3-4-14(10-16)11-18-15-7-5-13(6-8-15)9-12(2)17/h5-8,14H,3-4,9-11H2,1-2H3. The number of ether oxygens (including phenoxy) is 1. The molecular formula is C15H21BrO2. The van der Waals surface area contributed by atoms with E-state index in [1.165, 1.54) is 12.8 Å². The molecule has 0 fully saturated rings. The maximum Gasteiger partial charge on any atom is 0.134 e. The molecule has 1 aromatic rings. The SMILES string of the molecule is CCCC(CBr)COc1ccc(CC(C)=O)cc1. The van der Waals surface area contributed by atoms with Gasteiger partial charge in [0.15, 0.2) is 0 Å². The van der Waals surface area contributed by atoms with Crippen molar-refractivity contribution < 1.29 is 9.53 Å². The van der Waals surface area contributed by atoms with Crippen molar-refractivity contribution in [2.45, 2.75) is 33.1 Å². The molecule has 0 amide bonds. The average molecular weight is 313 g/mol. The molecule has 2 nitrogen and oxygen atoms in total. The minimum atomic E-state index is 0.186. The topological polar surface area (TPSA) is 26.3 Å². The first-order chi connectivity index (χ1) is 8.65. The van der Waals surface area contributed by atoms with E-state index in [2.05, 4.69) is 22.9 Å². The minimum absolute atomic E-state index is 0.186. The number of ketones is 1. The fourth-order valence-electron chi connectivity index (χ4n) is 1.82. The van der Waals surface area contributed by atoms with Crippen LogP contribution in [0.4, 0.5) is 0 Å². The molecule has 18 heavy (non-hydrogen) atoms. The zero-order chi connectivity index (χ0) is 13.4. The summed E-state index contributed by atoms with van der Waals surface area (Å²) < 4.78 is 5.76. The van der Waals surface area contributed by atoms with E-state index in [9.17, 15) is 4.79 Å². The number of hydrogen-bond donors (Lipinski definition) is 0. The Bertz CT molecular complexity index is 359. The molecule has 0 aliphatic rings. The number of halogens is 1. The van der Waals surface area contributed by atoms with E-state index >= 15 is 0 Å². The molecule has 1 unspecified atom stereocenters. The van der Waals surface area contributed by atoms with E-state index in [0.717, 1.165) is 23.2 Å². The summed E-state index contributed by atoms with van der Waals surface area (Å²) in [7, 11) is 0. The van der Waals surface area contributed by atoms with E-state index in [0.29, 0.717) is 12.3 Å². The number of alkyl halides is 1. The van der Waals surface area contributed by atoms with Gasteiger partial charge in [0.05, 0.1) is 6.61 Å². The normalized spacial score (nSPS) is 12.2. The second kappa shape index (κ2) is 8.30. The van der Waals surface area contributed by atoms with Gasteiger partial charge < -0.3 is 4.74 Å². The second-order valence-electron chi connectivity index (χ2n) is 4.64. The largest absolute Gasteiger partial charge is 0.493 e. The van der Waals surface area contributed by atoms with Crippen LogP contribution in [0, 0.1) is 5.92 Å². The third kappa shape index (κ3) is 5.67. The second-order valence-corrected chi connectivity index (χ2v) is 5.29. The molecule has 0 aliphatic carbocycles. The predicted octanol–water partition coefficient (Wildman–Crippen LogP) is 4.01. The summed E-state index contributed by atoms with van der Waals surface area (Å²) >= 11 is 3.51. The highest BCUT2D eigenvalue weighted by molar-refractivity contribution is 9.09. The van der Waals surface area contributed by atoms with Crippen molar-refractivity contribution in [2.24, 2.45) is 5.92 Å². The first-order valence-corrected chi connectivity index (χ1v) is 7.55. The van der Waals surface area contributed by atoms with Gasteiger partial charge in [0.1, 0.15) is 11.5 Å². The van der Waals surface area contributed by atoms with Gasteiger partial charge in [-0.3, -0.25) is 4.79 Å². The molecule has 3 heteroatoms. The molecule has 0 heterocycles. The van der Waals surface area contributed by atoms with Crippen molar-refractivity contribution in [3.8, 4) is 5.75 Å². The monoisotopic (exact) mass is 312 g/mol. The van der Waals surface area contributed by atoms with Crippen LogP contribution in [-0.2, 0) is 11.2 Å². The first-order valence-electron chi connectivity index (χ1n) is 6.42. The minimum Gasteiger partial charge on any atom is -0.493 e. The molecule has 1 atom stereocenters. The maximum absolute atomic E-state index is 11.0. The van der Waals surface area contributed by atoms with Crippen molar-refractivity contribution in [1.82, 2.24) is 0 Å². The highest BCUT2D eigenvalue weighted by Crippen LogP contribution is 2.16. The van der Waals surface area contributed by atoms with Crippen LogP contribution >= 0.6 is 15.9 Å². The number of rotatable bonds is 8. The van der Waals surface area contributed by atoms with Crippen molar-refractivity contribution >= 4 is 21.7 Å². The van der Waals surface area contributed by atoms with Crippen molar-refractivity contribution in [3.63, 3.8) is 0 Å². The first kappa shape index (κ1) is 15.2. The molecule has 0 aromatic heterocycles. The van der Waals surface area contributed by atoms with Gasteiger partial charge in [-0.1, -0.05) is 41.4 Å². The zero-order valence-corrected chi connectivity index (χ0v) is 12.7.